The van der Waals surface area contributed by atoms with Crippen LogP contribution >= 0.6 is 24.0 Å². The van der Waals surface area contributed by atoms with Gasteiger partial charge in [-0.1, -0.05) is 0 Å². The Morgan fingerprint density at radius 1 is 1.12 bits per heavy atom. The van der Waals surface area contributed by atoms with E-state index >= 15 is 0 Å². The highest BCUT2D eigenvalue weighted by atomic mass is 127. The van der Waals surface area contributed by atoms with Crippen molar-refractivity contribution in [2.24, 2.45) is 10.4 Å². The Kier molecular flexibility index (Phi) is 8.53. The van der Waals surface area contributed by atoms with Crippen LogP contribution < -0.4 is 5.32 Å². The molecule has 24 heavy (non-hydrogen) atoms. The molecule has 0 bridgehead atoms. The van der Waals surface area contributed by atoms with Gasteiger partial charge in [-0.05, 0) is 26.2 Å². The van der Waals surface area contributed by atoms with Gasteiger partial charge in [0, 0.05) is 57.8 Å². The van der Waals surface area contributed by atoms with Gasteiger partial charge in [-0.2, -0.15) is 0 Å². The molecule has 0 aromatic heterocycles. The average Bonchev–Trinajstić information content (AvgIpc) is 3.22. The molecule has 1 N–H and O–H groups in total. The van der Waals surface area contributed by atoms with Gasteiger partial charge in [-0.25, -0.2) is 0 Å². The maximum atomic E-state index is 5.63. The number of guanidine groups is 1. The van der Waals surface area contributed by atoms with E-state index in [-0.39, 0.29) is 24.0 Å². The van der Waals surface area contributed by atoms with Gasteiger partial charge in [0.25, 0.3) is 0 Å². The summed E-state index contributed by atoms with van der Waals surface area (Å²) in [5, 5.41) is 3.47. The van der Waals surface area contributed by atoms with Crippen molar-refractivity contribution >= 4 is 29.9 Å². The molecular formula is C17H33IN4O2. The summed E-state index contributed by atoms with van der Waals surface area (Å²) in [6, 6.07) is 0. The molecule has 0 amide bonds. The number of rotatable bonds is 5. The molecule has 3 rings (SSSR count). The first-order valence-corrected chi connectivity index (χ1v) is 9.22. The van der Waals surface area contributed by atoms with Gasteiger partial charge in [-0.15, -0.1) is 24.0 Å². The minimum absolute atomic E-state index is 0. The Labute approximate surface area is 163 Å². The van der Waals surface area contributed by atoms with E-state index in [1.165, 1.54) is 12.8 Å². The van der Waals surface area contributed by atoms with E-state index in [4.69, 9.17) is 14.5 Å². The van der Waals surface area contributed by atoms with Crippen molar-refractivity contribution < 1.29 is 9.47 Å². The quantitative estimate of drug-likeness (QED) is 0.296. The molecule has 0 aliphatic carbocycles. The van der Waals surface area contributed by atoms with Crippen LogP contribution in [0.25, 0.3) is 0 Å². The molecule has 140 valence electrons. The van der Waals surface area contributed by atoms with Crippen LogP contribution in [0.3, 0.4) is 0 Å². The van der Waals surface area contributed by atoms with Crippen LogP contribution in [0.5, 0.6) is 0 Å². The summed E-state index contributed by atoms with van der Waals surface area (Å²) in [4.78, 5) is 9.78. The van der Waals surface area contributed by atoms with Crippen molar-refractivity contribution in [2.75, 3.05) is 72.2 Å². The van der Waals surface area contributed by atoms with E-state index in [2.05, 4.69) is 22.0 Å². The highest BCUT2D eigenvalue weighted by molar-refractivity contribution is 14.0. The second-order valence-electron chi connectivity index (χ2n) is 7.02. The summed E-state index contributed by atoms with van der Waals surface area (Å²) in [5.74, 6) is 1.10. The summed E-state index contributed by atoms with van der Waals surface area (Å²) >= 11 is 0. The molecule has 0 aromatic rings. The molecule has 7 heteroatoms. The van der Waals surface area contributed by atoms with E-state index in [0.29, 0.717) is 5.41 Å². The van der Waals surface area contributed by atoms with E-state index in [9.17, 15) is 0 Å². The van der Waals surface area contributed by atoms with Gasteiger partial charge in [-0.3, -0.25) is 9.89 Å². The van der Waals surface area contributed by atoms with E-state index in [0.717, 1.165) is 84.6 Å². The van der Waals surface area contributed by atoms with Crippen LogP contribution in [0, 0.1) is 5.41 Å². The fourth-order valence-electron chi connectivity index (χ4n) is 3.82. The van der Waals surface area contributed by atoms with Gasteiger partial charge in [0.05, 0.1) is 19.8 Å². The first-order valence-electron chi connectivity index (χ1n) is 9.22. The zero-order valence-electron chi connectivity index (χ0n) is 15.0. The standard InChI is InChI=1S/C17H32N4O2.HI/c1-2-18-16(19-6-3-7-20-9-12-22-13-10-20)21-8-4-17(14-21)5-11-23-15-17;/h2-15H2,1H3,(H,18,19);1H. The number of aliphatic imine (C=N–C) groups is 1. The Morgan fingerprint density at radius 2 is 1.96 bits per heavy atom. The summed E-state index contributed by atoms with van der Waals surface area (Å²) in [6.07, 6.45) is 3.57. The third kappa shape index (κ3) is 5.44. The van der Waals surface area contributed by atoms with Crippen LogP contribution in [0.4, 0.5) is 0 Å². The second kappa shape index (κ2) is 10.1. The number of hydrogen-bond acceptors (Lipinski definition) is 4. The SMILES string of the molecule is CCNC(=NCCCN1CCOCC1)N1CCC2(CCOC2)C1.I. The molecule has 0 radical (unpaired) electrons. The highest BCUT2D eigenvalue weighted by Gasteiger charge is 2.42. The molecular weight excluding hydrogens is 419 g/mol. The Morgan fingerprint density at radius 3 is 2.67 bits per heavy atom. The molecule has 0 saturated carbocycles. The Hall–Kier alpha value is -0.120. The normalized spacial score (nSPS) is 28.4. The number of ether oxygens (including phenoxy) is 2. The number of nitrogens with zero attached hydrogens (tertiary/aromatic N) is 3. The third-order valence-electron chi connectivity index (χ3n) is 5.26. The smallest absolute Gasteiger partial charge is 0.193 e. The molecule has 1 atom stereocenters. The summed E-state index contributed by atoms with van der Waals surface area (Å²) in [6.45, 7) is 13.1. The van der Waals surface area contributed by atoms with Crippen LogP contribution in [0.15, 0.2) is 4.99 Å². The number of halogens is 1. The largest absolute Gasteiger partial charge is 0.381 e. The highest BCUT2D eigenvalue weighted by Crippen LogP contribution is 2.38. The molecule has 3 aliphatic rings. The molecule has 3 aliphatic heterocycles. The second-order valence-corrected chi connectivity index (χ2v) is 7.02. The lowest BCUT2D eigenvalue weighted by Gasteiger charge is -2.26. The fourth-order valence-corrected chi connectivity index (χ4v) is 3.82. The van der Waals surface area contributed by atoms with E-state index in [1.54, 1.807) is 0 Å². The van der Waals surface area contributed by atoms with Crippen LogP contribution in [0.2, 0.25) is 0 Å². The summed E-state index contributed by atoms with van der Waals surface area (Å²) < 4.78 is 11.0. The van der Waals surface area contributed by atoms with Crippen LogP contribution in [0.1, 0.15) is 26.2 Å². The molecule has 1 unspecified atom stereocenters. The van der Waals surface area contributed by atoms with Gasteiger partial charge in [0.2, 0.25) is 0 Å². The molecule has 3 saturated heterocycles. The first kappa shape index (κ1) is 20.2. The van der Waals surface area contributed by atoms with E-state index < -0.39 is 0 Å². The number of hydrogen-bond donors (Lipinski definition) is 1. The summed E-state index contributed by atoms with van der Waals surface area (Å²) in [7, 11) is 0. The van der Waals surface area contributed by atoms with Crippen LogP contribution in [-0.4, -0.2) is 88.0 Å². The molecule has 6 nitrogen and oxygen atoms in total. The third-order valence-corrected chi connectivity index (χ3v) is 5.26. The fraction of sp³-hybridized carbons (Fsp3) is 0.941. The zero-order chi connectivity index (χ0) is 16.0. The predicted molar refractivity (Wildman–Crippen MR) is 107 cm³/mol. The van der Waals surface area contributed by atoms with Crippen molar-refractivity contribution in [3.05, 3.63) is 0 Å². The van der Waals surface area contributed by atoms with Crippen molar-refractivity contribution in [2.45, 2.75) is 26.2 Å². The topological polar surface area (TPSA) is 49.3 Å². The lowest BCUT2D eigenvalue weighted by Crippen LogP contribution is -2.41. The van der Waals surface area contributed by atoms with Crippen molar-refractivity contribution in [1.82, 2.24) is 15.1 Å². The maximum Gasteiger partial charge on any atom is 0.193 e. The minimum Gasteiger partial charge on any atom is -0.381 e. The maximum absolute atomic E-state index is 5.63. The molecule has 0 aromatic carbocycles. The van der Waals surface area contributed by atoms with Gasteiger partial charge < -0.3 is 19.7 Å². The van der Waals surface area contributed by atoms with Gasteiger partial charge in [0.15, 0.2) is 5.96 Å². The van der Waals surface area contributed by atoms with Crippen molar-refractivity contribution in [1.29, 1.82) is 0 Å². The predicted octanol–water partition coefficient (Wildman–Crippen LogP) is 1.40. The number of nitrogens with one attached hydrogen (secondary N) is 1. The van der Waals surface area contributed by atoms with Gasteiger partial charge in [0.1, 0.15) is 0 Å². The average molecular weight is 452 g/mol. The minimum atomic E-state index is 0. The monoisotopic (exact) mass is 452 g/mol. The van der Waals surface area contributed by atoms with Crippen molar-refractivity contribution in [3.63, 3.8) is 0 Å². The molecule has 3 fully saturated rings. The number of likely N-dealkylation sites (tertiary alicyclic amines) is 1. The zero-order valence-corrected chi connectivity index (χ0v) is 17.3. The van der Waals surface area contributed by atoms with Gasteiger partial charge >= 0.3 is 0 Å². The summed E-state index contributed by atoms with van der Waals surface area (Å²) in [5.41, 5.74) is 0.393. The lowest BCUT2D eigenvalue weighted by molar-refractivity contribution is 0.0377. The first-order chi connectivity index (χ1) is 11.3. The van der Waals surface area contributed by atoms with E-state index in [1.807, 2.05) is 0 Å². The molecule has 3 heterocycles. The van der Waals surface area contributed by atoms with Crippen LogP contribution in [-0.2, 0) is 9.47 Å². The Balaban J connectivity index is 0.00000208. The lowest BCUT2D eigenvalue weighted by atomic mass is 9.87. The van der Waals surface area contributed by atoms with Crippen molar-refractivity contribution in [3.8, 4) is 0 Å². The molecule has 1 spiro atoms. The number of morpholine rings is 1. The Bertz CT molecular complexity index is 396.